The Morgan fingerprint density at radius 3 is 2.84 bits per heavy atom. The minimum Gasteiger partial charge on any atom is -0.376 e. The van der Waals surface area contributed by atoms with Crippen LogP contribution in [0.3, 0.4) is 0 Å². The molecule has 0 saturated carbocycles. The van der Waals surface area contributed by atoms with E-state index in [9.17, 15) is 9.59 Å². The second-order valence-corrected chi connectivity index (χ2v) is 7.64. The van der Waals surface area contributed by atoms with Gasteiger partial charge in [-0.15, -0.1) is 0 Å². The summed E-state index contributed by atoms with van der Waals surface area (Å²) in [4.78, 5) is 24.9. The SMILES string of the molecule is CSCC[C@@H](NC(=O)c1ccc(Cl)cc1Cl)C(=O)NC[C@@H]1CCCO1. The Labute approximate surface area is 162 Å². The fourth-order valence-electron chi connectivity index (χ4n) is 2.56. The van der Waals surface area contributed by atoms with Crippen molar-refractivity contribution < 1.29 is 14.3 Å². The zero-order chi connectivity index (χ0) is 18.2. The van der Waals surface area contributed by atoms with Gasteiger partial charge < -0.3 is 15.4 Å². The van der Waals surface area contributed by atoms with E-state index in [-0.39, 0.29) is 22.9 Å². The van der Waals surface area contributed by atoms with Gasteiger partial charge >= 0.3 is 0 Å². The van der Waals surface area contributed by atoms with E-state index in [2.05, 4.69) is 10.6 Å². The van der Waals surface area contributed by atoms with Crippen LogP contribution in [-0.4, -0.2) is 49.1 Å². The molecule has 8 heteroatoms. The molecule has 0 radical (unpaired) electrons. The van der Waals surface area contributed by atoms with Crippen molar-refractivity contribution in [1.29, 1.82) is 0 Å². The van der Waals surface area contributed by atoms with E-state index in [0.29, 0.717) is 23.6 Å². The van der Waals surface area contributed by atoms with Crippen LogP contribution in [0.15, 0.2) is 18.2 Å². The maximum Gasteiger partial charge on any atom is 0.253 e. The quantitative estimate of drug-likeness (QED) is 0.698. The number of thioether (sulfide) groups is 1. The number of ether oxygens (including phenoxy) is 1. The van der Waals surface area contributed by atoms with Gasteiger partial charge in [0.05, 0.1) is 16.7 Å². The normalized spacial score (nSPS) is 18.0. The molecule has 0 bridgehead atoms. The molecule has 1 aromatic carbocycles. The lowest BCUT2D eigenvalue weighted by molar-refractivity contribution is -0.123. The predicted octanol–water partition coefficient (Wildman–Crippen LogP) is 3.14. The molecule has 0 aromatic heterocycles. The molecule has 5 nitrogen and oxygen atoms in total. The van der Waals surface area contributed by atoms with Gasteiger partial charge in [0, 0.05) is 18.2 Å². The molecule has 2 N–H and O–H groups in total. The van der Waals surface area contributed by atoms with Gasteiger partial charge in [-0.2, -0.15) is 11.8 Å². The van der Waals surface area contributed by atoms with Crippen molar-refractivity contribution in [1.82, 2.24) is 10.6 Å². The van der Waals surface area contributed by atoms with Gasteiger partial charge in [0.15, 0.2) is 0 Å². The van der Waals surface area contributed by atoms with Crippen LogP contribution in [0.5, 0.6) is 0 Å². The molecule has 2 atom stereocenters. The molecular weight excluding hydrogens is 383 g/mol. The van der Waals surface area contributed by atoms with Crippen LogP contribution >= 0.6 is 35.0 Å². The fourth-order valence-corrected chi connectivity index (χ4v) is 3.52. The molecule has 25 heavy (non-hydrogen) atoms. The summed E-state index contributed by atoms with van der Waals surface area (Å²) in [6.45, 7) is 1.20. The molecular formula is C17H22Cl2N2O3S. The first kappa shape index (κ1) is 20.4. The lowest BCUT2D eigenvalue weighted by Crippen LogP contribution is -2.48. The second kappa shape index (κ2) is 10.3. The van der Waals surface area contributed by atoms with Crippen molar-refractivity contribution in [2.75, 3.05) is 25.2 Å². The molecule has 1 aliphatic heterocycles. The summed E-state index contributed by atoms with van der Waals surface area (Å²) in [6.07, 6.45) is 4.52. The van der Waals surface area contributed by atoms with Crippen LogP contribution < -0.4 is 10.6 Å². The van der Waals surface area contributed by atoms with Crippen molar-refractivity contribution in [3.8, 4) is 0 Å². The van der Waals surface area contributed by atoms with Crippen molar-refractivity contribution in [2.45, 2.75) is 31.4 Å². The van der Waals surface area contributed by atoms with E-state index in [1.54, 1.807) is 23.9 Å². The smallest absolute Gasteiger partial charge is 0.253 e. The first-order valence-corrected chi connectivity index (χ1v) is 10.3. The van der Waals surface area contributed by atoms with Crippen LogP contribution in [0, 0.1) is 0 Å². The number of carbonyl (C=O) groups is 2. The number of halogens is 2. The van der Waals surface area contributed by atoms with Gasteiger partial charge in [-0.25, -0.2) is 0 Å². The standard InChI is InChI=1S/C17H22Cl2N2O3S/c1-25-8-6-15(17(23)20-10-12-3-2-7-24-12)21-16(22)13-5-4-11(18)9-14(13)19/h4-5,9,12,15H,2-3,6-8,10H2,1H3,(H,20,23)(H,21,22)/t12-,15+/m0/s1. The van der Waals surface area contributed by atoms with Crippen molar-refractivity contribution in [2.24, 2.45) is 0 Å². The zero-order valence-corrected chi connectivity index (χ0v) is 16.3. The second-order valence-electron chi connectivity index (χ2n) is 5.81. The van der Waals surface area contributed by atoms with Crippen LogP contribution in [0.4, 0.5) is 0 Å². The Balaban J connectivity index is 1.97. The Kier molecular flexibility index (Phi) is 8.36. The highest BCUT2D eigenvalue weighted by Gasteiger charge is 2.24. The number of hydrogen-bond acceptors (Lipinski definition) is 4. The lowest BCUT2D eigenvalue weighted by atomic mass is 10.1. The average Bonchev–Trinajstić information content (AvgIpc) is 3.09. The minimum atomic E-state index is -0.618. The topological polar surface area (TPSA) is 67.4 Å². The Bertz CT molecular complexity index is 610. The molecule has 138 valence electrons. The molecule has 0 spiro atoms. The van der Waals surface area contributed by atoms with E-state index in [4.69, 9.17) is 27.9 Å². The van der Waals surface area contributed by atoms with Gasteiger partial charge in [-0.05, 0) is 49.5 Å². The number of benzene rings is 1. The maximum absolute atomic E-state index is 12.5. The summed E-state index contributed by atoms with van der Waals surface area (Å²) < 4.78 is 5.51. The van der Waals surface area contributed by atoms with Gasteiger partial charge in [0.1, 0.15) is 6.04 Å². The van der Waals surface area contributed by atoms with Crippen LogP contribution in [-0.2, 0) is 9.53 Å². The third-order valence-electron chi connectivity index (χ3n) is 3.94. The molecule has 1 aromatic rings. The molecule has 0 aliphatic carbocycles. The van der Waals surface area contributed by atoms with Crippen molar-refractivity contribution in [3.05, 3.63) is 33.8 Å². The van der Waals surface area contributed by atoms with Gasteiger partial charge in [0.2, 0.25) is 5.91 Å². The summed E-state index contributed by atoms with van der Waals surface area (Å²) in [5, 5.41) is 6.35. The zero-order valence-electron chi connectivity index (χ0n) is 14.0. The third-order valence-corrected chi connectivity index (χ3v) is 5.13. The number of nitrogens with one attached hydrogen (secondary N) is 2. The number of amides is 2. The molecule has 1 aliphatic rings. The van der Waals surface area contributed by atoms with E-state index < -0.39 is 6.04 Å². The number of carbonyl (C=O) groups excluding carboxylic acids is 2. The molecule has 2 amide bonds. The summed E-state index contributed by atoms with van der Waals surface area (Å²) in [6, 6.07) is 4.03. The summed E-state index contributed by atoms with van der Waals surface area (Å²) in [5.41, 5.74) is 0.298. The highest BCUT2D eigenvalue weighted by Crippen LogP contribution is 2.21. The summed E-state index contributed by atoms with van der Waals surface area (Å²) >= 11 is 13.5. The monoisotopic (exact) mass is 404 g/mol. The van der Waals surface area contributed by atoms with Crippen molar-refractivity contribution in [3.63, 3.8) is 0 Å². The van der Waals surface area contributed by atoms with Gasteiger partial charge in [-0.1, -0.05) is 23.2 Å². The maximum atomic E-state index is 12.5. The lowest BCUT2D eigenvalue weighted by Gasteiger charge is -2.20. The van der Waals surface area contributed by atoms with Crippen LogP contribution in [0.2, 0.25) is 10.0 Å². The third kappa shape index (κ3) is 6.37. The summed E-state index contributed by atoms with van der Waals surface area (Å²) in [7, 11) is 0. The van der Waals surface area contributed by atoms with Gasteiger partial charge in [0.25, 0.3) is 5.91 Å². The molecule has 1 saturated heterocycles. The summed E-state index contributed by atoms with van der Waals surface area (Å²) in [5.74, 6) is 0.162. The number of hydrogen-bond donors (Lipinski definition) is 2. The molecule has 1 heterocycles. The molecule has 1 fully saturated rings. The van der Waals surface area contributed by atoms with Crippen molar-refractivity contribution >= 4 is 46.8 Å². The highest BCUT2D eigenvalue weighted by molar-refractivity contribution is 7.98. The molecule has 0 unspecified atom stereocenters. The molecule has 2 rings (SSSR count). The Morgan fingerprint density at radius 2 is 2.20 bits per heavy atom. The van der Waals surface area contributed by atoms with Crippen LogP contribution in [0.1, 0.15) is 29.6 Å². The largest absolute Gasteiger partial charge is 0.376 e. The number of rotatable bonds is 8. The van der Waals surface area contributed by atoms with E-state index in [1.807, 2.05) is 6.26 Å². The Morgan fingerprint density at radius 1 is 1.40 bits per heavy atom. The van der Waals surface area contributed by atoms with E-state index in [1.165, 1.54) is 6.07 Å². The fraction of sp³-hybridized carbons (Fsp3) is 0.529. The predicted molar refractivity (Wildman–Crippen MR) is 103 cm³/mol. The average molecular weight is 405 g/mol. The van der Waals surface area contributed by atoms with E-state index in [0.717, 1.165) is 25.2 Å². The minimum absolute atomic E-state index is 0.0616. The first-order chi connectivity index (χ1) is 12.0. The van der Waals surface area contributed by atoms with Gasteiger partial charge in [-0.3, -0.25) is 9.59 Å². The Hall–Kier alpha value is -0.950. The first-order valence-electron chi connectivity index (χ1n) is 8.15. The van der Waals surface area contributed by atoms with Crippen LogP contribution in [0.25, 0.3) is 0 Å². The highest BCUT2D eigenvalue weighted by atomic mass is 35.5. The van der Waals surface area contributed by atoms with E-state index >= 15 is 0 Å².